The van der Waals surface area contributed by atoms with E-state index >= 15 is 0 Å². The number of nitrogens with one attached hydrogen (secondary N) is 1. The number of carboxylic acid groups (broad SMARTS) is 1. The molecule has 0 bridgehead atoms. The highest BCUT2D eigenvalue weighted by Crippen LogP contribution is 2.27. The second-order valence-electron chi connectivity index (χ2n) is 5.40. The first-order chi connectivity index (χ1) is 13.1. The third kappa shape index (κ3) is 5.55. The highest BCUT2D eigenvalue weighted by Gasteiger charge is 2.10. The fourth-order valence-electron chi connectivity index (χ4n) is 2.17. The van der Waals surface area contributed by atoms with Crippen molar-refractivity contribution >= 4 is 28.3 Å². The first-order valence-electron chi connectivity index (χ1n) is 7.98. The molecule has 1 amide bonds. The van der Waals surface area contributed by atoms with Gasteiger partial charge in [-0.15, -0.1) is 11.3 Å². The topological polar surface area (TPSA) is 97.8 Å². The molecule has 2 N–H and O–H groups in total. The van der Waals surface area contributed by atoms with Crippen molar-refractivity contribution in [2.24, 2.45) is 0 Å². The molecular formula is C19H16N2O5S. The van der Waals surface area contributed by atoms with Crippen molar-refractivity contribution in [1.82, 2.24) is 4.98 Å². The minimum absolute atomic E-state index is 0.114. The van der Waals surface area contributed by atoms with Crippen LogP contribution in [-0.4, -0.2) is 35.2 Å². The van der Waals surface area contributed by atoms with Crippen LogP contribution in [0.4, 0.5) is 5.13 Å². The van der Waals surface area contributed by atoms with Gasteiger partial charge in [0.15, 0.2) is 18.3 Å². The Morgan fingerprint density at radius 1 is 1.00 bits per heavy atom. The molecule has 0 saturated heterocycles. The molecule has 138 valence electrons. The second-order valence-corrected chi connectivity index (χ2v) is 6.26. The molecule has 3 aromatic rings. The average Bonchev–Trinajstić information content (AvgIpc) is 3.14. The number of hydrogen-bond acceptors (Lipinski definition) is 6. The van der Waals surface area contributed by atoms with Crippen molar-refractivity contribution in [2.45, 2.75) is 0 Å². The lowest BCUT2D eigenvalue weighted by atomic mass is 10.2. The molecule has 0 radical (unpaired) electrons. The van der Waals surface area contributed by atoms with Gasteiger partial charge in [0.05, 0.1) is 5.69 Å². The van der Waals surface area contributed by atoms with E-state index in [2.05, 4.69) is 10.3 Å². The number of hydrogen-bond donors (Lipinski definition) is 2. The molecule has 1 heterocycles. The Labute approximate surface area is 159 Å². The van der Waals surface area contributed by atoms with Gasteiger partial charge in [-0.05, 0) is 24.3 Å². The van der Waals surface area contributed by atoms with Crippen molar-refractivity contribution < 1.29 is 24.2 Å². The molecular weight excluding hydrogens is 368 g/mol. The summed E-state index contributed by atoms with van der Waals surface area (Å²) in [6.45, 7) is -0.527. The van der Waals surface area contributed by atoms with Gasteiger partial charge >= 0.3 is 5.97 Å². The highest BCUT2D eigenvalue weighted by molar-refractivity contribution is 7.14. The Balaban J connectivity index is 1.58. The molecule has 0 spiro atoms. The van der Waals surface area contributed by atoms with Gasteiger partial charge in [0, 0.05) is 10.9 Å². The molecule has 0 atom stereocenters. The predicted octanol–water partition coefficient (Wildman–Crippen LogP) is 3.29. The lowest BCUT2D eigenvalue weighted by Crippen LogP contribution is -2.19. The van der Waals surface area contributed by atoms with Crippen molar-refractivity contribution in [3.63, 3.8) is 0 Å². The second kappa shape index (κ2) is 8.81. The molecule has 0 aliphatic heterocycles. The van der Waals surface area contributed by atoms with Gasteiger partial charge in [-0.1, -0.05) is 30.3 Å². The van der Waals surface area contributed by atoms with Gasteiger partial charge in [-0.25, -0.2) is 9.78 Å². The van der Waals surface area contributed by atoms with Gasteiger partial charge in [-0.2, -0.15) is 0 Å². The number of carboxylic acids is 1. The largest absolute Gasteiger partial charge is 0.484 e. The van der Waals surface area contributed by atoms with Gasteiger partial charge in [0.25, 0.3) is 5.91 Å². The zero-order valence-corrected chi connectivity index (χ0v) is 14.9. The molecule has 0 aliphatic rings. The number of rotatable bonds is 8. The summed E-state index contributed by atoms with van der Waals surface area (Å²) in [5.41, 5.74) is 1.41. The number of nitrogens with zero attached hydrogens (tertiary/aromatic N) is 1. The maximum absolute atomic E-state index is 12.0. The number of amides is 1. The summed E-state index contributed by atoms with van der Waals surface area (Å²) in [6.07, 6.45) is 0. The smallest absolute Gasteiger partial charge is 0.341 e. The van der Waals surface area contributed by atoms with Crippen molar-refractivity contribution in [2.75, 3.05) is 18.5 Å². The lowest BCUT2D eigenvalue weighted by Gasteiger charge is -2.05. The summed E-state index contributed by atoms with van der Waals surface area (Å²) in [6, 6.07) is 16.0. The van der Waals surface area contributed by atoms with E-state index < -0.39 is 12.6 Å². The van der Waals surface area contributed by atoms with Crippen LogP contribution in [0.2, 0.25) is 0 Å². The number of ether oxygens (including phenoxy) is 2. The van der Waals surface area contributed by atoms with E-state index in [1.165, 1.54) is 11.3 Å². The van der Waals surface area contributed by atoms with Gasteiger partial charge in [-0.3, -0.25) is 10.1 Å². The van der Waals surface area contributed by atoms with Gasteiger partial charge in [0.2, 0.25) is 0 Å². The number of aliphatic carboxylic acids is 1. The zero-order valence-electron chi connectivity index (χ0n) is 14.1. The molecule has 0 unspecified atom stereocenters. The van der Waals surface area contributed by atoms with Crippen LogP contribution in [0.5, 0.6) is 11.5 Å². The molecule has 0 fully saturated rings. The fourth-order valence-corrected chi connectivity index (χ4v) is 2.91. The fraction of sp³-hybridized carbons (Fsp3) is 0.105. The van der Waals surface area contributed by atoms with Crippen molar-refractivity contribution in [3.05, 3.63) is 60.0 Å². The summed E-state index contributed by atoms with van der Waals surface area (Å²) >= 11 is 1.28. The monoisotopic (exact) mass is 384 g/mol. The summed E-state index contributed by atoms with van der Waals surface area (Å²) in [4.78, 5) is 27.0. The molecule has 0 aliphatic carbocycles. The Bertz CT molecular complexity index is 927. The quantitative estimate of drug-likeness (QED) is 0.618. The van der Waals surface area contributed by atoms with Crippen LogP contribution < -0.4 is 14.8 Å². The van der Waals surface area contributed by atoms with E-state index in [1.54, 1.807) is 35.7 Å². The van der Waals surface area contributed by atoms with E-state index in [9.17, 15) is 9.59 Å². The molecule has 27 heavy (non-hydrogen) atoms. The Morgan fingerprint density at radius 3 is 2.52 bits per heavy atom. The lowest BCUT2D eigenvalue weighted by molar-refractivity contribution is -0.139. The van der Waals surface area contributed by atoms with Crippen molar-refractivity contribution in [1.29, 1.82) is 0 Å². The molecule has 7 nitrogen and oxygen atoms in total. The first kappa shape index (κ1) is 18.4. The Kier molecular flexibility index (Phi) is 6.01. The van der Waals surface area contributed by atoms with E-state index in [4.69, 9.17) is 14.6 Å². The third-order valence-corrected chi connectivity index (χ3v) is 4.11. The number of benzene rings is 2. The van der Waals surface area contributed by atoms with Crippen molar-refractivity contribution in [3.8, 4) is 22.8 Å². The van der Waals surface area contributed by atoms with Crippen LogP contribution in [0.1, 0.15) is 0 Å². The van der Waals surface area contributed by atoms with Crippen LogP contribution in [0.15, 0.2) is 60.0 Å². The maximum atomic E-state index is 12.0. The van der Waals surface area contributed by atoms with Crippen LogP contribution in [0.25, 0.3) is 11.3 Å². The molecule has 1 aromatic heterocycles. The maximum Gasteiger partial charge on any atom is 0.341 e. The summed E-state index contributed by atoms with van der Waals surface area (Å²) < 4.78 is 10.6. The number of anilines is 1. The normalized spacial score (nSPS) is 10.2. The van der Waals surface area contributed by atoms with E-state index in [0.717, 1.165) is 5.56 Å². The SMILES string of the molecule is O=C(O)COc1cccc(-c2csc(NC(=O)COc3ccccc3)n2)c1. The Morgan fingerprint density at radius 2 is 1.74 bits per heavy atom. The highest BCUT2D eigenvalue weighted by atomic mass is 32.1. The standard InChI is InChI=1S/C19H16N2O5S/c22-17(10-25-14-6-2-1-3-7-14)21-19-20-16(12-27-19)13-5-4-8-15(9-13)26-11-18(23)24/h1-9,12H,10-11H2,(H,23,24)(H,20,21,22). The summed E-state index contributed by atoms with van der Waals surface area (Å²) in [5, 5.41) is 13.6. The van der Waals surface area contributed by atoms with E-state index in [-0.39, 0.29) is 12.5 Å². The number of aromatic nitrogens is 1. The molecule has 2 aromatic carbocycles. The number of carbonyl (C=O) groups excluding carboxylic acids is 1. The minimum atomic E-state index is -1.04. The first-order valence-corrected chi connectivity index (χ1v) is 8.86. The molecule has 8 heteroatoms. The van der Waals surface area contributed by atoms with Gasteiger partial charge < -0.3 is 14.6 Å². The molecule has 0 saturated carbocycles. The Hall–Kier alpha value is -3.39. The van der Waals surface area contributed by atoms with Crippen LogP contribution in [-0.2, 0) is 9.59 Å². The number of para-hydroxylation sites is 1. The van der Waals surface area contributed by atoms with E-state index in [1.807, 2.05) is 24.3 Å². The number of carbonyl (C=O) groups is 2. The van der Waals surface area contributed by atoms with E-state index in [0.29, 0.717) is 22.3 Å². The molecule has 3 rings (SSSR count). The van der Waals surface area contributed by atoms with Gasteiger partial charge in [0.1, 0.15) is 11.5 Å². The summed E-state index contributed by atoms with van der Waals surface area (Å²) in [5.74, 6) is -0.300. The van der Waals surface area contributed by atoms with Crippen LogP contribution >= 0.6 is 11.3 Å². The minimum Gasteiger partial charge on any atom is -0.484 e. The van der Waals surface area contributed by atoms with Crippen LogP contribution in [0, 0.1) is 0 Å². The average molecular weight is 384 g/mol. The summed E-state index contributed by atoms with van der Waals surface area (Å²) in [7, 11) is 0. The zero-order chi connectivity index (χ0) is 19.1. The van der Waals surface area contributed by atoms with Crippen LogP contribution in [0.3, 0.4) is 0 Å². The predicted molar refractivity (Wildman–Crippen MR) is 101 cm³/mol. The third-order valence-electron chi connectivity index (χ3n) is 3.36. The number of thiazole rings is 1.